The van der Waals surface area contributed by atoms with E-state index >= 15 is 0 Å². The fourth-order valence-electron chi connectivity index (χ4n) is 2.30. The number of guanidine groups is 1. The van der Waals surface area contributed by atoms with Crippen LogP contribution in [0.4, 0.5) is 0 Å². The lowest BCUT2D eigenvalue weighted by atomic mass is 10.1. The van der Waals surface area contributed by atoms with Crippen molar-refractivity contribution in [1.82, 2.24) is 4.90 Å². The fraction of sp³-hybridized carbons (Fsp3) is 0.500. The molecule has 2 aliphatic rings. The van der Waals surface area contributed by atoms with Gasteiger partial charge in [0.15, 0.2) is 5.96 Å². The van der Waals surface area contributed by atoms with Gasteiger partial charge >= 0.3 is 0 Å². The van der Waals surface area contributed by atoms with Gasteiger partial charge in [-0.2, -0.15) is 0 Å². The van der Waals surface area contributed by atoms with Crippen molar-refractivity contribution in [3.05, 3.63) is 34.9 Å². The van der Waals surface area contributed by atoms with Crippen molar-refractivity contribution in [2.45, 2.75) is 37.3 Å². The number of halogens is 1. The van der Waals surface area contributed by atoms with Gasteiger partial charge in [-0.3, -0.25) is 0 Å². The van der Waals surface area contributed by atoms with Crippen molar-refractivity contribution in [3.8, 4) is 0 Å². The molecule has 2 atom stereocenters. The van der Waals surface area contributed by atoms with Crippen molar-refractivity contribution in [1.29, 1.82) is 0 Å². The maximum Gasteiger partial charge on any atom is 0.191 e. The van der Waals surface area contributed by atoms with Gasteiger partial charge in [-0.1, -0.05) is 23.7 Å². The lowest BCUT2D eigenvalue weighted by molar-refractivity contribution is 0.487. The van der Waals surface area contributed by atoms with Gasteiger partial charge < -0.3 is 10.6 Å². The third kappa shape index (κ3) is 2.46. The van der Waals surface area contributed by atoms with Gasteiger partial charge in [0.2, 0.25) is 0 Å². The second-order valence-electron chi connectivity index (χ2n) is 5.29. The van der Waals surface area contributed by atoms with Gasteiger partial charge in [-0.25, -0.2) is 4.99 Å². The zero-order valence-electron chi connectivity index (χ0n) is 10.5. The van der Waals surface area contributed by atoms with Crippen molar-refractivity contribution < 1.29 is 0 Å². The molecule has 1 aromatic rings. The molecule has 1 aromatic carbocycles. The Morgan fingerprint density at radius 2 is 2.00 bits per heavy atom. The van der Waals surface area contributed by atoms with E-state index in [1.165, 1.54) is 18.4 Å². The highest BCUT2D eigenvalue weighted by Gasteiger charge is 2.39. The van der Waals surface area contributed by atoms with Crippen molar-refractivity contribution in [2.75, 3.05) is 7.05 Å². The number of nitrogens with zero attached hydrogens (tertiary/aromatic N) is 2. The first-order valence-electron chi connectivity index (χ1n) is 6.46. The highest BCUT2D eigenvalue weighted by molar-refractivity contribution is 6.30. The van der Waals surface area contributed by atoms with Crippen LogP contribution in [0.2, 0.25) is 5.02 Å². The maximum absolute atomic E-state index is 6.02. The molecule has 0 spiro atoms. The summed E-state index contributed by atoms with van der Waals surface area (Å²) in [6, 6.07) is 9.03. The Labute approximate surface area is 113 Å². The summed E-state index contributed by atoms with van der Waals surface area (Å²) in [5, 5.41) is 0.785. The summed E-state index contributed by atoms with van der Waals surface area (Å²) in [7, 11) is 2.04. The van der Waals surface area contributed by atoms with Gasteiger partial charge in [0.1, 0.15) is 0 Å². The minimum Gasteiger partial charge on any atom is -0.370 e. The Hall–Kier alpha value is -1.22. The first kappa shape index (κ1) is 11.8. The average molecular weight is 264 g/mol. The van der Waals surface area contributed by atoms with E-state index in [9.17, 15) is 0 Å². The number of hydrogen-bond acceptors (Lipinski definition) is 1. The molecular weight excluding hydrogens is 246 g/mol. The van der Waals surface area contributed by atoms with E-state index in [0.717, 1.165) is 11.4 Å². The van der Waals surface area contributed by atoms with Crippen LogP contribution in [0.1, 0.15) is 30.7 Å². The third-order valence-corrected chi connectivity index (χ3v) is 4.06. The zero-order valence-corrected chi connectivity index (χ0v) is 11.3. The van der Waals surface area contributed by atoms with Crippen LogP contribution >= 0.6 is 11.6 Å². The van der Waals surface area contributed by atoms with Crippen LogP contribution in [-0.2, 0) is 0 Å². The molecule has 0 bridgehead atoms. The number of hydrogen-bond donors (Lipinski definition) is 1. The quantitative estimate of drug-likeness (QED) is 0.673. The molecule has 2 saturated carbocycles. The Morgan fingerprint density at radius 1 is 1.33 bits per heavy atom. The van der Waals surface area contributed by atoms with Crippen LogP contribution in [0.5, 0.6) is 0 Å². The third-order valence-electron chi connectivity index (χ3n) is 3.81. The van der Waals surface area contributed by atoms with Gasteiger partial charge in [0.25, 0.3) is 0 Å². The van der Waals surface area contributed by atoms with E-state index in [1.807, 2.05) is 19.2 Å². The second kappa shape index (κ2) is 4.47. The van der Waals surface area contributed by atoms with Crippen LogP contribution in [0.15, 0.2) is 29.3 Å². The standard InChI is InChI=1S/C14H18ClN3/c1-18(11-6-7-11)14(16)17-13-8-12(13)9-2-4-10(15)5-3-9/h2-5,11-13H,6-8H2,1H3,(H2,16,17). The summed E-state index contributed by atoms with van der Waals surface area (Å²) < 4.78 is 0. The number of rotatable bonds is 3. The lowest BCUT2D eigenvalue weighted by Gasteiger charge is -2.16. The lowest BCUT2D eigenvalue weighted by Crippen LogP contribution is -2.36. The minimum absolute atomic E-state index is 0.354. The molecule has 4 heteroatoms. The maximum atomic E-state index is 6.02. The average Bonchev–Trinajstić information content (AvgIpc) is 3.23. The summed E-state index contributed by atoms with van der Waals surface area (Å²) in [5.74, 6) is 1.22. The van der Waals surface area contributed by atoms with E-state index in [1.54, 1.807) is 0 Å². The Kier molecular flexibility index (Phi) is 2.94. The monoisotopic (exact) mass is 263 g/mol. The molecule has 2 aliphatic carbocycles. The fourth-order valence-corrected chi connectivity index (χ4v) is 2.43. The van der Waals surface area contributed by atoms with Crippen LogP contribution in [0.3, 0.4) is 0 Å². The van der Waals surface area contributed by atoms with Crippen molar-refractivity contribution >= 4 is 17.6 Å². The highest BCUT2D eigenvalue weighted by atomic mass is 35.5. The molecule has 0 saturated heterocycles. The normalized spacial score (nSPS) is 27.1. The smallest absolute Gasteiger partial charge is 0.191 e. The molecule has 0 radical (unpaired) electrons. The largest absolute Gasteiger partial charge is 0.370 e. The summed E-state index contributed by atoms with van der Waals surface area (Å²) >= 11 is 5.89. The summed E-state index contributed by atoms with van der Waals surface area (Å²) in [5.41, 5.74) is 7.33. The molecule has 0 aromatic heterocycles. The molecule has 96 valence electrons. The first-order chi connectivity index (χ1) is 8.65. The Balaban J connectivity index is 1.63. The Morgan fingerprint density at radius 3 is 2.61 bits per heavy atom. The SMILES string of the molecule is CN(C(N)=NC1CC1c1ccc(Cl)cc1)C1CC1. The summed E-state index contributed by atoms with van der Waals surface area (Å²) in [6.07, 6.45) is 3.59. The predicted octanol–water partition coefficient (Wildman–Crippen LogP) is 2.60. The molecule has 2 fully saturated rings. The number of benzene rings is 1. The van der Waals surface area contributed by atoms with Crippen LogP contribution in [0, 0.1) is 0 Å². The molecular formula is C14H18ClN3. The Bertz CT molecular complexity index is 464. The molecule has 0 aliphatic heterocycles. The number of aliphatic imine (C=N–C) groups is 1. The topological polar surface area (TPSA) is 41.6 Å². The molecule has 3 nitrogen and oxygen atoms in total. The highest BCUT2D eigenvalue weighted by Crippen LogP contribution is 2.43. The van der Waals surface area contributed by atoms with Crippen LogP contribution in [0.25, 0.3) is 0 Å². The van der Waals surface area contributed by atoms with E-state index in [0.29, 0.717) is 24.0 Å². The van der Waals surface area contributed by atoms with E-state index in [4.69, 9.17) is 17.3 Å². The molecule has 2 unspecified atom stereocenters. The summed E-state index contributed by atoms with van der Waals surface area (Å²) in [4.78, 5) is 6.73. The molecule has 18 heavy (non-hydrogen) atoms. The van der Waals surface area contributed by atoms with Crippen LogP contribution < -0.4 is 5.73 Å². The minimum atomic E-state index is 0.354. The van der Waals surface area contributed by atoms with Gasteiger partial charge in [0.05, 0.1) is 6.04 Å². The zero-order chi connectivity index (χ0) is 12.7. The molecule has 3 rings (SSSR count). The van der Waals surface area contributed by atoms with Gasteiger partial charge in [0, 0.05) is 24.0 Å². The first-order valence-corrected chi connectivity index (χ1v) is 6.84. The van der Waals surface area contributed by atoms with Gasteiger partial charge in [-0.15, -0.1) is 0 Å². The predicted molar refractivity (Wildman–Crippen MR) is 75.0 cm³/mol. The van der Waals surface area contributed by atoms with Gasteiger partial charge in [-0.05, 0) is 37.0 Å². The van der Waals surface area contributed by atoms with E-state index < -0.39 is 0 Å². The van der Waals surface area contributed by atoms with Crippen LogP contribution in [-0.4, -0.2) is 30.0 Å². The summed E-state index contributed by atoms with van der Waals surface area (Å²) in [6.45, 7) is 0. The second-order valence-corrected chi connectivity index (χ2v) is 5.73. The molecule has 0 heterocycles. The van der Waals surface area contributed by atoms with Crippen molar-refractivity contribution in [3.63, 3.8) is 0 Å². The van der Waals surface area contributed by atoms with Crippen molar-refractivity contribution in [2.24, 2.45) is 10.7 Å². The van der Waals surface area contributed by atoms with E-state index in [-0.39, 0.29) is 0 Å². The molecule has 0 amide bonds. The number of nitrogens with two attached hydrogens (primary N) is 1. The molecule has 2 N–H and O–H groups in total. The van der Waals surface area contributed by atoms with E-state index in [2.05, 4.69) is 22.0 Å².